The van der Waals surface area contributed by atoms with Crippen molar-refractivity contribution >= 4 is 29.0 Å². The number of nitriles is 1. The first-order valence-corrected chi connectivity index (χ1v) is 8.74. The van der Waals surface area contributed by atoms with Crippen LogP contribution in [0.15, 0.2) is 48.5 Å². The summed E-state index contributed by atoms with van der Waals surface area (Å²) in [5, 5.41) is 14.5. The predicted octanol–water partition coefficient (Wildman–Crippen LogP) is 2.87. The molecule has 1 aliphatic rings. The summed E-state index contributed by atoms with van der Waals surface area (Å²) in [7, 11) is 0. The number of urea groups is 1. The molecule has 0 aromatic heterocycles. The van der Waals surface area contributed by atoms with Crippen LogP contribution in [0.3, 0.4) is 0 Å². The Balaban J connectivity index is 1.55. The van der Waals surface area contributed by atoms with Crippen molar-refractivity contribution in [1.29, 1.82) is 5.26 Å². The average Bonchev–Trinajstić information content (AvgIpc) is 2.68. The highest BCUT2D eigenvalue weighted by atomic mass is 16.2. The molecule has 0 spiro atoms. The van der Waals surface area contributed by atoms with Gasteiger partial charge in [-0.2, -0.15) is 5.26 Å². The van der Waals surface area contributed by atoms with Crippen LogP contribution in [0.4, 0.5) is 21.9 Å². The van der Waals surface area contributed by atoms with Crippen molar-refractivity contribution in [3.63, 3.8) is 0 Å². The topological polar surface area (TPSA) is 88.5 Å². The van der Waals surface area contributed by atoms with Gasteiger partial charge >= 0.3 is 6.03 Å². The number of piperazine rings is 1. The number of hydrogen-bond donors (Lipinski definition) is 2. The lowest BCUT2D eigenvalue weighted by Gasteiger charge is -2.36. The number of nitrogens with zero attached hydrogens (tertiary/aromatic N) is 3. The quantitative estimate of drug-likeness (QED) is 0.878. The van der Waals surface area contributed by atoms with Crippen LogP contribution in [0.25, 0.3) is 0 Å². The third kappa shape index (κ3) is 4.76. The van der Waals surface area contributed by atoms with Crippen LogP contribution in [0.1, 0.15) is 12.5 Å². The first-order valence-electron chi connectivity index (χ1n) is 8.74. The minimum Gasteiger partial charge on any atom is -0.368 e. The zero-order valence-corrected chi connectivity index (χ0v) is 15.1. The second-order valence-corrected chi connectivity index (χ2v) is 6.32. The molecule has 138 valence electrons. The normalized spacial score (nSPS) is 13.6. The molecule has 1 fully saturated rings. The molecule has 7 nitrogen and oxygen atoms in total. The van der Waals surface area contributed by atoms with Crippen LogP contribution in [0, 0.1) is 11.3 Å². The lowest BCUT2D eigenvalue weighted by molar-refractivity contribution is -0.114. The van der Waals surface area contributed by atoms with Crippen molar-refractivity contribution in [3.05, 3.63) is 54.1 Å². The number of carbonyl (C=O) groups excluding carboxylic acids is 2. The van der Waals surface area contributed by atoms with E-state index >= 15 is 0 Å². The number of amides is 3. The van der Waals surface area contributed by atoms with Crippen LogP contribution in [0.2, 0.25) is 0 Å². The molecule has 2 aromatic rings. The lowest BCUT2D eigenvalue weighted by Crippen LogP contribution is -2.50. The third-order valence-corrected chi connectivity index (χ3v) is 4.36. The Bertz CT molecular complexity index is 865. The Hall–Kier alpha value is -3.53. The molecule has 2 aromatic carbocycles. The zero-order valence-electron chi connectivity index (χ0n) is 15.1. The molecular formula is C20H21N5O2. The van der Waals surface area contributed by atoms with Gasteiger partial charge in [-0.3, -0.25) is 4.79 Å². The molecule has 3 amide bonds. The molecular weight excluding hydrogens is 342 g/mol. The van der Waals surface area contributed by atoms with Crippen LogP contribution in [-0.2, 0) is 4.79 Å². The van der Waals surface area contributed by atoms with E-state index in [1.165, 1.54) is 6.92 Å². The van der Waals surface area contributed by atoms with E-state index in [9.17, 15) is 9.59 Å². The van der Waals surface area contributed by atoms with Crippen molar-refractivity contribution in [2.45, 2.75) is 6.92 Å². The molecule has 0 unspecified atom stereocenters. The van der Waals surface area contributed by atoms with Crippen LogP contribution in [-0.4, -0.2) is 43.0 Å². The molecule has 1 saturated heterocycles. The molecule has 1 aliphatic heterocycles. The second kappa shape index (κ2) is 8.23. The highest BCUT2D eigenvalue weighted by molar-refractivity contribution is 5.92. The largest absolute Gasteiger partial charge is 0.368 e. The number of nitrogens with one attached hydrogen (secondary N) is 2. The first kappa shape index (κ1) is 18.3. The summed E-state index contributed by atoms with van der Waals surface area (Å²) in [6.45, 7) is 4.11. The van der Waals surface area contributed by atoms with Gasteiger partial charge in [-0.25, -0.2) is 4.79 Å². The Morgan fingerprint density at radius 2 is 1.59 bits per heavy atom. The maximum Gasteiger partial charge on any atom is 0.321 e. The summed E-state index contributed by atoms with van der Waals surface area (Å²) in [5.41, 5.74) is 2.97. The first-order chi connectivity index (χ1) is 13.0. The Labute approximate surface area is 158 Å². The van der Waals surface area contributed by atoms with Crippen LogP contribution >= 0.6 is 0 Å². The number of anilines is 3. The molecule has 1 heterocycles. The Morgan fingerprint density at radius 1 is 0.963 bits per heavy atom. The van der Waals surface area contributed by atoms with Gasteiger partial charge in [0, 0.05) is 50.2 Å². The molecule has 0 radical (unpaired) electrons. The predicted molar refractivity (Wildman–Crippen MR) is 105 cm³/mol. The fourth-order valence-electron chi connectivity index (χ4n) is 3.00. The Morgan fingerprint density at radius 3 is 2.19 bits per heavy atom. The minimum atomic E-state index is -0.158. The second-order valence-electron chi connectivity index (χ2n) is 6.32. The van der Waals surface area contributed by atoms with Crippen molar-refractivity contribution in [3.8, 4) is 6.07 Å². The summed E-state index contributed by atoms with van der Waals surface area (Å²) < 4.78 is 0. The van der Waals surface area contributed by atoms with Gasteiger partial charge in [0.15, 0.2) is 0 Å². The fraction of sp³-hybridized carbons (Fsp3) is 0.250. The lowest BCUT2D eigenvalue weighted by atomic mass is 10.2. The van der Waals surface area contributed by atoms with E-state index in [0.717, 1.165) is 18.8 Å². The SMILES string of the molecule is CC(=O)Nc1cccc(NC(=O)N2CCN(c3ccc(C#N)cc3)CC2)c1. The van der Waals surface area contributed by atoms with Gasteiger partial charge in [-0.1, -0.05) is 6.07 Å². The van der Waals surface area contributed by atoms with Gasteiger partial charge in [0.1, 0.15) is 0 Å². The number of hydrogen-bond acceptors (Lipinski definition) is 4. The molecule has 0 aliphatic carbocycles. The van der Waals surface area contributed by atoms with E-state index in [2.05, 4.69) is 21.6 Å². The Kier molecular flexibility index (Phi) is 5.57. The molecule has 2 N–H and O–H groups in total. The van der Waals surface area contributed by atoms with E-state index in [0.29, 0.717) is 30.0 Å². The maximum atomic E-state index is 12.5. The summed E-state index contributed by atoms with van der Waals surface area (Å²) in [6, 6.07) is 16.5. The monoisotopic (exact) mass is 363 g/mol. The summed E-state index contributed by atoms with van der Waals surface area (Å²) >= 11 is 0. The van der Waals surface area contributed by atoms with Crippen molar-refractivity contribution in [2.24, 2.45) is 0 Å². The molecule has 3 rings (SSSR count). The van der Waals surface area contributed by atoms with Crippen molar-refractivity contribution in [2.75, 3.05) is 41.7 Å². The van der Waals surface area contributed by atoms with Gasteiger partial charge in [-0.05, 0) is 42.5 Å². The van der Waals surface area contributed by atoms with Gasteiger partial charge in [0.2, 0.25) is 5.91 Å². The smallest absolute Gasteiger partial charge is 0.321 e. The highest BCUT2D eigenvalue weighted by Gasteiger charge is 2.21. The summed E-state index contributed by atoms with van der Waals surface area (Å²) in [5.74, 6) is -0.155. The van der Waals surface area contributed by atoms with Crippen molar-refractivity contribution in [1.82, 2.24) is 4.90 Å². The van der Waals surface area contributed by atoms with Crippen LogP contribution < -0.4 is 15.5 Å². The van der Waals surface area contributed by atoms with Gasteiger partial charge in [0.05, 0.1) is 11.6 Å². The molecule has 0 saturated carbocycles. The van der Waals surface area contributed by atoms with Gasteiger partial charge < -0.3 is 20.4 Å². The zero-order chi connectivity index (χ0) is 19.2. The molecule has 7 heteroatoms. The maximum absolute atomic E-state index is 12.5. The average molecular weight is 363 g/mol. The molecule has 0 bridgehead atoms. The highest BCUT2D eigenvalue weighted by Crippen LogP contribution is 2.19. The molecule has 0 atom stereocenters. The van der Waals surface area contributed by atoms with E-state index in [1.54, 1.807) is 41.3 Å². The van der Waals surface area contributed by atoms with Crippen molar-refractivity contribution < 1.29 is 9.59 Å². The fourth-order valence-corrected chi connectivity index (χ4v) is 3.00. The van der Waals surface area contributed by atoms with E-state index in [1.807, 2.05) is 12.1 Å². The standard InChI is InChI=1S/C20H21N5O2/c1-15(26)22-17-3-2-4-18(13-17)23-20(27)25-11-9-24(10-12-25)19-7-5-16(14-21)6-8-19/h2-8,13H,9-12H2,1H3,(H,22,26)(H,23,27). The number of rotatable bonds is 3. The molecule has 27 heavy (non-hydrogen) atoms. The van der Waals surface area contributed by atoms with E-state index < -0.39 is 0 Å². The third-order valence-electron chi connectivity index (χ3n) is 4.36. The van der Waals surface area contributed by atoms with E-state index in [4.69, 9.17) is 5.26 Å². The summed E-state index contributed by atoms with van der Waals surface area (Å²) in [4.78, 5) is 27.6. The minimum absolute atomic E-state index is 0.155. The number of carbonyl (C=O) groups is 2. The summed E-state index contributed by atoms with van der Waals surface area (Å²) in [6.07, 6.45) is 0. The van der Waals surface area contributed by atoms with Gasteiger partial charge in [0.25, 0.3) is 0 Å². The number of benzene rings is 2. The van der Waals surface area contributed by atoms with E-state index in [-0.39, 0.29) is 11.9 Å². The van der Waals surface area contributed by atoms with Crippen LogP contribution in [0.5, 0.6) is 0 Å². The van der Waals surface area contributed by atoms with Gasteiger partial charge in [-0.15, -0.1) is 0 Å².